The van der Waals surface area contributed by atoms with Gasteiger partial charge in [0.15, 0.2) is 0 Å². The van der Waals surface area contributed by atoms with Crippen molar-refractivity contribution >= 4 is 5.97 Å². The lowest BCUT2D eigenvalue weighted by molar-refractivity contribution is -0.147. The summed E-state index contributed by atoms with van der Waals surface area (Å²) in [7, 11) is 4.22. The molecule has 0 aliphatic heterocycles. The number of carbonyl (C=O) groups is 1. The molecule has 0 aliphatic rings. The average molecular weight is 305 g/mol. The second-order valence-electron chi connectivity index (χ2n) is 6.26. The summed E-state index contributed by atoms with van der Waals surface area (Å²) in [4.78, 5) is 13.5. The molecule has 0 radical (unpaired) electrons. The number of esters is 1. The van der Waals surface area contributed by atoms with Crippen LogP contribution in [0.5, 0.6) is 0 Å². The largest absolute Gasteiger partial charge is 0.463 e. The van der Waals surface area contributed by atoms with Crippen LogP contribution in [0, 0.1) is 0 Å². The number of hydrogen-bond donors (Lipinski definition) is 0. The number of unbranched alkanes of at least 4 members (excludes halogenated alkanes) is 3. The van der Waals surface area contributed by atoms with Gasteiger partial charge in [0, 0.05) is 6.92 Å². The Morgan fingerprint density at radius 2 is 1.73 bits per heavy atom. The Hall–Kier alpha value is -1.35. The lowest BCUT2D eigenvalue weighted by Gasteiger charge is -2.17. The molecule has 0 aliphatic carbocycles. The lowest BCUT2D eigenvalue weighted by Crippen LogP contribution is -2.17. The molecule has 1 aromatic rings. The fraction of sp³-hybridized carbons (Fsp3) is 0.632. The third-order valence-electron chi connectivity index (χ3n) is 3.81. The maximum atomic E-state index is 11.2. The number of nitrogens with zero attached hydrogens (tertiary/aromatic N) is 1. The van der Waals surface area contributed by atoms with E-state index in [1.54, 1.807) is 0 Å². The van der Waals surface area contributed by atoms with E-state index in [2.05, 4.69) is 43.3 Å². The first-order chi connectivity index (χ1) is 10.6. The second kappa shape index (κ2) is 11.2. The molecule has 3 nitrogen and oxygen atoms in total. The molecule has 0 saturated carbocycles. The topological polar surface area (TPSA) is 29.5 Å². The van der Waals surface area contributed by atoms with Gasteiger partial charge in [0.2, 0.25) is 0 Å². The molecule has 3 heteroatoms. The van der Waals surface area contributed by atoms with Gasteiger partial charge in [-0.2, -0.15) is 0 Å². The summed E-state index contributed by atoms with van der Waals surface area (Å²) in [5.41, 5.74) is 1.31. The predicted octanol–water partition coefficient (Wildman–Crippen LogP) is 4.06. The Morgan fingerprint density at radius 1 is 1.05 bits per heavy atom. The van der Waals surface area contributed by atoms with Crippen molar-refractivity contribution < 1.29 is 9.53 Å². The minimum atomic E-state index is -0.161. The van der Waals surface area contributed by atoms with Crippen molar-refractivity contribution in [3.63, 3.8) is 0 Å². The minimum Gasteiger partial charge on any atom is -0.463 e. The molecule has 0 heterocycles. The second-order valence-corrected chi connectivity index (χ2v) is 6.26. The molecule has 1 unspecified atom stereocenters. The van der Waals surface area contributed by atoms with Crippen LogP contribution < -0.4 is 0 Å². The fourth-order valence-corrected chi connectivity index (χ4v) is 2.62. The normalized spacial score (nSPS) is 12.4. The molecule has 1 aromatic carbocycles. The Balaban J connectivity index is 2.24. The SMILES string of the molecule is CC(=O)OC(CCCCCCN(C)C)CCc1ccccc1. The molecular formula is C19H31NO2. The van der Waals surface area contributed by atoms with E-state index in [-0.39, 0.29) is 12.1 Å². The van der Waals surface area contributed by atoms with Crippen LogP contribution >= 0.6 is 0 Å². The Bertz CT molecular complexity index is 403. The highest BCUT2D eigenvalue weighted by atomic mass is 16.5. The van der Waals surface area contributed by atoms with Crippen LogP contribution in [0.3, 0.4) is 0 Å². The van der Waals surface area contributed by atoms with Gasteiger partial charge in [0.25, 0.3) is 0 Å². The zero-order valence-corrected chi connectivity index (χ0v) is 14.4. The molecule has 0 bridgehead atoms. The van der Waals surface area contributed by atoms with Crippen molar-refractivity contribution in [2.75, 3.05) is 20.6 Å². The summed E-state index contributed by atoms with van der Waals surface area (Å²) in [6, 6.07) is 10.4. The van der Waals surface area contributed by atoms with Gasteiger partial charge < -0.3 is 9.64 Å². The van der Waals surface area contributed by atoms with Gasteiger partial charge in [-0.05, 0) is 58.3 Å². The van der Waals surface area contributed by atoms with Crippen molar-refractivity contribution in [2.24, 2.45) is 0 Å². The summed E-state index contributed by atoms with van der Waals surface area (Å²) in [5.74, 6) is -0.161. The third-order valence-corrected chi connectivity index (χ3v) is 3.81. The van der Waals surface area contributed by atoms with Crippen LogP contribution in [0.15, 0.2) is 30.3 Å². The van der Waals surface area contributed by atoms with Gasteiger partial charge in [-0.25, -0.2) is 0 Å². The zero-order chi connectivity index (χ0) is 16.2. The van der Waals surface area contributed by atoms with Crippen LogP contribution in [0.1, 0.15) is 51.0 Å². The van der Waals surface area contributed by atoms with E-state index >= 15 is 0 Å². The highest BCUT2D eigenvalue weighted by molar-refractivity contribution is 5.66. The maximum Gasteiger partial charge on any atom is 0.302 e. The highest BCUT2D eigenvalue weighted by Crippen LogP contribution is 2.15. The summed E-state index contributed by atoms with van der Waals surface area (Å²) in [6.07, 6.45) is 7.79. The number of ether oxygens (including phenoxy) is 1. The minimum absolute atomic E-state index is 0.0616. The van der Waals surface area contributed by atoms with Crippen molar-refractivity contribution in [3.05, 3.63) is 35.9 Å². The van der Waals surface area contributed by atoms with Crippen molar-refractivity contribution in [1.29, 1.82) is 0 Å². The molecule has 0 fully saturated rings. The predicted molar refractivity (Wildman–Crippen MR) is 92.0 cm³/mol. The first kappa shape index (κ1) is 18.7. The monoisotopic (exact) mass is 305 g/mol. The fourth-order valence-electron chi connectivity index (χ4n) is 2.62. The quantitative estimate of drug-likeness (QED) is 0.456. The molecule has 0 N–H and O–H groups in total. The van der Waals surface area contributed by atoms with Crippen LogP contribution in [-0.4, -0.2) is 37.6 Å². The van der Waals surface area contributed by atoms with E-state index in [1.807, 2.05) is 6.07 Å². The summed E-state index contributed by atoms with van der Waals surface area (Å²) in [5, 5.41) is 0. The molecular weight excluding hydrogens is 274 g/mol. The smallest absolute Gasteiger partial charge is 0.302 e. The standard InChI is InChI=1S/C19H31NO2/c1-17(21)22-19(13-9-4-5-10-16-20(2)3)15-14-18-11-7-6-8-12-18/h6-8,11-12,19H,4-5,9-10,13-16H2,1-3H3. The van der Waals surface area contributed by atoms with Crippen LogP contribution in [0.4, 0.5) is 0 Å². The van der Waals surface area contributed by atoms with E-state index in [1.165, 1.54) is 31.7 Å². The molecule has 0 saturated heterocycles. The van der Waals surface area contributed by atoms with Crippen molar-refractivity contribution in [1.82, 2.24) is 4.90 Å². The molecule has 1 rings (SSSR count). The van der Waals surface area contributed by atoms with Crippen molar-refractivity contribution in [2.45, 2.75) is 58.0 Å². The molecule has 0 spiro atoms. The van der Waals surface area contributed by atoms with Gasteiger partial charge in [-0.15, -0.1) is 0 Å². The number of carbonyl (C=O) groups excluding carboxylic acids is 1. The average Bonchev–Trinajstić information content (AvgIpc) is 2.48. The lowest BCUT2D eigenvalue weighted by atomic mass is 10.0. The Labute approximate surface area is 135 Å². The van der Waals surface area contributed by atoms with Crippen LogP contribution in [0.25, 0.3) is 0 Å². The van der Waals surface area contributed by atoms with Crippen molar-refractivity contribution in [3.8, 4) is 0 Å². The first-order valence-corrected chi connectivity index (χ1v) is 8.44. The highest BCUT2D eigenvalue weighted by Gasteiger charge is 2.12. The van der Waals surface area contributed by atoms with Gasteiger partial charge in [0.1, 0.15) is 6.10 Å². The Kier molecular flexibility index (Phi) is 9.56. The maximum absolute atomic E-state index is 11.2. The first-order valence-electron chi connectivity index (χ1n) is 8.44. The summed E-state index contributed by atoms with van der Waals surface area (Å²) < 4.78 is 5.47. The van der Waals surface area contributed by atoms with Gasteiger partial charge in [-0.3, -0.25) is 4.79 Å². The number of aryl methyl sites for hydroxylation is 1. The summed E-state index contributed by atoms with van der Waals surface area (Å²) >= 11 is 0. The number of hydrogen-bond acceptors (Lipinski definition) is 3. The van der Waals surface area contributed by atoms with Gasteiger partial charge in [-0.1, -0.05) is 43.2 Å². The van der Waals surface area contributed by atoms with Crippen LogP contribution in [0.2, 0.25) is 0 Å². The van der Waals surface area contributed by atoms with Gasteiger partial charge >= 0.3 is 5.97 Å². The Morgan fingerprint density at radius 3 is 2.36 bits per heavy atom. The number of benzene rings is 1. The van der Waals surface area contributed by atoms with E-state index in [9.17, 15) is 4.79 Å². The van der Waals surface area contributed by atoms with E-state index < -0.39 is 0 Å². The number of rotatable bonds is 11. The third kappa shape index (κ3) is 9.56. The zero-order valence-electron chi connectivity index (χ0n) is 14.4. The van der Waals surface area contributed by atoms with E-state index in [4.69, 9.17) is 4.74 Å². The van der Waals surface area contributed by atoms with Gasteiger partial charge in [0.05, 0.1) is 0 Å². The molecule has 22 heavy (non-hydrogen) atoms. The summed E-state index contributed by atoms with van der Waals surface area (Å²) in [6.45, 7) is 2.66. The van der Waals surface area contributed by atoms with E-state index in [0.29, 0.717) is 0 Å². The van der Waals surface area contributed by atoms with Crippen LogP contribution in [-0.2, 0) is 16.0 Å². The van der Waals surface area contributed by atoms with E-state index in [0.717, 1.165) is 32.2 Å². The molecule has 0 amide bonds. The molecule has 1 atom stereocenters. The molecule has 0 aromatic heterocycles. The molecule has 124 valence electrons.